The van der Waals surface area contributed by atoms with Crippen molar-refractivity contribution < 1.29 is 28.6 Å². The molecule has 9 nitrogen and oxygen atoms in total. The van der Waals surface area contributed by atoms with Crippen molar-refractivity contribution in [2.45, 2.75) is 13.2 Å². The van der Waals surface area contributed by atoms with Crippen molar-refractivity contribution in [2.24, 2.45) is 0 Å². The Kier molecular flexibility index (Phi) is 9.35. The summed E-state index contributed by atoms with van der Waals surface area (Å²) in [5.41, 5.74) is 0.803. The van der Waals surface area contributed by atoms with Crippen LogP contribution in [-0.2, 0) is 13.2 Å². The van der Waals surface area contributed by atoms with Gasteiger partial charge in [-0.25, -0.2) is 14.2 Å². The number of aromatic nitrogens is 2. The van der Waals surface area contributed by atoms with Gasteiger partial charge in [0.25, 0.3) is 11.5 Å². The number of hydrogen-bond donors (Lipinski definition) is 3. The first-order valence-electron chi connectivity index (χ1n) is 10.4. The normalized spacial score (nSPS) is 10.4. The van der Waals surface area contributed by atoms with E-state index in [1.807, 2.05) is 0 Å². The van der Waals surface area contributed by atoms with Crippen LogP contribution in [0.1, 0.15) is 32.1 Å². The number of fused-ring (bicyclic) bond motifs is 1. The molecule has 4 aromatic rings. The molecule has 0 aliphatic carbocycles. The number of carboxylic acids is 1. The predicted molar refractivity (Wildman–Crippen MR) is 131 cm³/mol. The first-order valence-corrected chi connectivity index (χ1v) is 10.4. The van der Waals surface area contributed by atoms with Crippen molar-refractivity contribution in [2.75, 3.05) is 7.11 Å². The van der Waals surface area contributed by atoms with Gasteiger partial charge in [-0.15, -0.1) is 0 Å². The van der Waals surface area contributed by atoms with Crippen molar-refractivity contribution in [3.63, 3.8) is 0 Å². The molecule has 0 bridgehead atoms. The van der Waals surface area contributed by atoms with Gasteiger partial charge in [-0.2, -0.15) is 0 Å². The number of carbonyl (C=O) groups excluding carboxylic acids is 1. The number of halogens is 1. The second-order valence-corrected chi connectivity index (χ2v) is 7.51. The number of amides is 1. The zero-order valence-corrected chi connectivity index (χ0v) is 18.5. The number of benzene rings is 3. The maximum atomic E-state index is 14.5. The monoisotopic (exact) mass is 517 g/mol. The van der Waals surface area contributed by atoms with E-state index in [9.17, 15) is 18.8 Å². The number of rotatable bonds is 8. The molecule has 0 fully saturated rings. The van der Waals surface area contributed by atoms with Crippen LogP contribution in [-0.4, -0.2) is 85.4 Å². The second kappa shape index (κ2) is 12.2. The number of nitrogens with one attached hydrogen (secondary N) is 2. The summed E-state index contributed by atoms with van der Waals surface area (Å²) in [5, 5.41) is 11.5. The number of hydrogen-bond acceptors (Lipinski definition) is 6. The summed E-state index contributed by atoms with van der Waals surface area (Å²) in [4.78, 5) is 42.9. The Morgan fingerprint density at radius 3 is 2.53 bits per heavy atom. The van der Waals surface area contributed by atoms with Gasteiger partial charge >= 0.3 is 57.4 Å². The van der Waals surface area contributed by atoms with Gasteiger partial charge in [0.1, 0.15) is 17.7 Å². The zero-order chi connectivity index (χ0) is 24.9. The van der Waals surface area contributed by atoms with E-state index in [0.29, 0.717) is 11.3 Å². The molecule has 0 atom stereocenters. The Morgan fingerprint density at radius 2 is 1.83 bits per heavy atom. The molecule has 1 heterocycles. The van der Waals surface area contributed by atoms with Gasteiger partial charge in [0, 0.05) is 6.54 Å². The van der Waals surface area contributed by atoms with E-state index in [0.717, 1.165) is 11.6 Å². The molecular weight excluding hydrogens is 496 g/mol. The van der Waals surface area contributed by atoms with E-state index in [1.54, 1.807) is 24.3 Å². The van der Waals surface area contributed by atoms with E-state index in [2.05, 4.69) is 15.3 Å². The first-order chi connectivity index (χ1) is 16.9. The van der Waals surface area contributed by atoms with Crippen molar-refractivity contribution in [3.05, 3.63) is 99.3 Å². The van der Waals surface area contributed by atoms with E-state index < -0.39 is 23.3 Å². The molecule has 36 heavy (non-hydrogen) atoms. The molecule has 1 amide bonds. The molecule has 180 valence electrons. The fourth-order valence-corrected chi connectivity index (χ4v) is 3.37. The fraction of sp³-hybridized carbons (Fsp3) is 0.120. The maximum absolute atomic E-state index is 14.5. The minimum atomic E-state index is -1.07. The van der Waals surface area contributed by atoms with Crippen molar-refractivity contribution >= 4 is 74.2 Å². The van der Waals surface area contributed by atoms with Crippen LogP contribution in [0.25, 0.3) is 10.9 Å². The second-order valence-electron chi connectivity index (χ2n) is 7.51. The van der Waals surface area contributed by atoms with Crippen LogP contribution >= 0.6 is 0 Å². The molecule has 0 aliphatic rings. The topological polar surface area (TPSA) is 131 Å². The SMILES string of the molecule is COc1cccc(CNC(=O)c2nc3ccc(F)c(OCc4ccc(C(=O)O)cc4)c3c(=O)[nH]2)c1.[KH]. The van der Waals surface area contributed by atoms with Crippen LogP contribution < -0.4 is 20.3 Å². The van der Waals surface area contributed by atoms with Crippen LogP contribution in [0.5, 0.6) is 11.5 Å². The minimum absolute atomic E-state index is 0. The average molecular weight is 518 g/mol. The van der Waals surface area contributed by atoms with Crippen LogP contribution in [0, 0.1) is 5.82 Å². The van der Waals surface area contributed by atoms with Gasteiger partial charge in [-0.1, -0.05) is 24.3 Å². The van der Waals surface area contributed by atoms with Gasteiger partial charge in [-0.3, -0.25) is 9.59 Å². The van der Waals surface area contributed by atoms with Crippen LogP contribution in [0.3, 0.4) is 0 Å². The number of nitrogens with zero attached hydrogens (tertiary/aromatic N) is 1. The Labute approximate surface area is 247 Å². The van der Waals surface area contributed by atoms with E-state index in [-0.39, 0.29) is 92.6 Å². The molecule has 0 saturated carbocycles. The van der Waals surface area contributed by atoms with Gasteiger partial charge in [-0.05, 0) is 47.5 Å². The predicted octanol–water partition coefficient (Wildman–Crippen LogP) is 2.63. The third-order valence-electron chi connectivity index (χ3n) is 5.17. The molecule has 0 saturated heterocycles. The molecule has 0 unspecified atom stereocenters. The molecule has 0 spiro atoms. The Balaban J connectivity index is 0.00000361. The number of aromatic amines is 1. The molecule has 1 aromatic heterocycles. The Bertz CT molecular complexity index is 1470. The average Bonchev–Trinajstić information content (AvgIpc) is 2.87. The molecule has 11 heteroatoms. The number of carboxylic acid groups (broad SMARTS) is 1. The molecule has 3 N–H and O–H groups in total. The molecule has 3 aromatic carbocycles. The fourth-order valence-electron chi connectivity index (χ4n) is 3.37. The summed E-state index contributed by atoms with van der Waals surface area (Å²) in [6, 6.07) is 15.4. The van der Waals surface area contributed by atoms with Crippen LogP contribution in [0.2, 0.25) is 0 Å². The summed E-state index contributed by atoms with van der Waals surface area (Å²) >= 11 is 0. The molecule has 0 radical (unpaired) electrons. The molecule has 4 rings (SSSR count). The summed E-state index contributed by atoms with van der Waals surface area (Å²) < 4.78 is 25.2. The first kappa shape index (κ1) is 27.5. The van der Waals surface area contributed by atoms with Gasteiger partial charge < -0.3 is 24.9 Å². The quantitative estimate of drug-likeness (QED) is 0.306. The third-order valence-corrected chi connectivity index (χ3v) is 5.17. The van der Waals surface area contributed by atoms with Crippen molar-refractivity contribution in [1.82, 2.24) is 15.3 Å². The summed E-state index contributed by atoms with van der Waals surface area (Å²) in [6.07, 6.45) is 0. The summed E-state index contributed by atoms with van der Waals surface area (Å²) in [6.45, 7) is 0.0639. The number of H-pyrrole nitrogens is 1. The zero-order valence-electron chi connectivity index (χ0n) is 18.5. The molecule has 0 aliphatic heterocycles. The number of aromatic carboxylic acids is 1. The van der Waals surface area contributed by atoms with E-state index in [4.69, 9.17) is 14.6 Å². The van der Waals surface area contributed by atoms with Crippen LogP contribution in [0.15, 0.2) is 65.5 Å². The van der Waals surface area contributed by atoms with Crippen molar-refractivity contribution in [3.8, 4) is 11.5 Å². The summed E-state index contributed by atoms with van der Waals surface area (Å²) in [5.74, 6) is -2.37. The van der Waals surface area contributed by atoms with Crippen LogP contribution in [0.4, 0.5) is 4.39 Å². The Hall–Kier alpha value is -3.09. The van der Waals surface area contributed by atoms with Gasteiger partial charge in [0.05, 0.1) is 18.2 Å². The van der Waals surface area contributed by atoms with Gasteiger partial charge in [0.2, 0.25) is 0 Å². The Morgan fingerprint density at radius 1 is 1.08 bits per heavy atom. The van der Waals surface area contributed by atoms with E-state index in [1.165, 1.54) is 37.4 Å². The number of methoxy groups -OCH3 is 1. The van der Waals surface area contributed by atoms with E-state index >= 15 is 0 Å². The van der Waals surface area contributed by atoms with Gasteiger partial charge in [0.15, 0.2) is 17.4 Å². The number of carbonyl (C=O) groups is 2. The molecular formula is C25H21FKN3O6. The third kappa shape index (κ3) is 6.36. The number of ether oxygens (including phenoxy) is 2. The summed E-state index contributed by atoms with van der Waals surface area (Å²) in [7, 11) is 1.54. The standard InChI is InChI=1S/C25H20FN3O6.K.H/c1-34-17-4-2-3-15(11-17)12-27-24(31)22-28-19-10-9-18(26)21(20(19)23(30)29-22)35-13-14-5-7-16(8-6-14)25(32)33;;/h2-11H,12-13H2,1H3,(H,27,31)(H,32,33)(H,28,29,30);;. The van der Waals surface area contributed by atoms with Crippen molar-refractivity contribution in [1.29, 1.82) is 0 Å².